The maximum atomic E-state index is 13.8. The van der Waals surface area contributed by atoms with E-state index in [1.165, 1.54) is 17.3 Å². The Labute approximate surface area is 170 Å². The largest absolute Gasteiger partial charge is 0.302 e. The Morgan fingerprint density at radius 1 is 1.14 bits per heavy atom. The lowest BCUT2D eigenvalue weighted by Gasteiger charge is -2.53. The van der Waals surface area contributed by atoms with Crippen LogP contribution in [0, 0.1) is 29.1 Å². The van der Waals surface area contributed by atoms with Crippen molar-refractivity contribution in [3.8, 4) is 0 Å². The van der Waals surface area contributed by atoms with Gasteiger partial charge in [-0.2, -0.15) is 8.78 Å². The Hall–Kier alpha value is -2.23. The smallest absolute Gasteiger partial charge is 0.285 e. The van der Waals surface area contributed by atoms with E-state index in [2.05, 4.69) is 40.7 Å². The first-order valence-electron chi connectivity index (χ1n) is 10.9. The van der Waals surface area contributed by atoms with Gasteiger partial charge in [0.2, 0.25) is 0 Å². The number of nitrogens with zero attached hydrogens (tertiary/aromatic N) is 2. The van der Waals surface area contributed by atoms with Crippen molar-refractivity contribution in [3.05, 3.63) is 60.5 Å². The first-order chi connectivity index (χ1) is 14.0. The quantitative estimate of drug-likeness (QED) is 0.509. The van der Waals surface area contributed by atoms with Crippen LogP contribution in [0.3, 0.4) is 0 Å². The molecule has 1 aromatic carbocycles. The summed E-state index contributed by atoms with van der Waals surface area (Å²) in [4.78, 5) is 4.62. The predicted molar refractivity (Wildman–Crippen MR) is 111 cm³/mol. The number of hydrogen-bond donors (Lipinski definition) is 0. The highest BCUT2D eigenvalue weighted by atomic mass is 19.3. The number of rotatable bonds is 1. The van der Waals surface area contributed by atoms with Gasteiger partial charge in [-0.15, -0.1) is 0 Å². The fourth-order valence-electron chi connectivity index (χ4n) is 6.98. The monoisotopic (exact) mass is 392 g/mol. The molecule has 0 spiro atoms. The van der Waals surface area contributed by atoms with Crippen molar-refractivity contribution in [3.63, 3.8) is 0 Å². The Morgan fingerprint density at radius 3 is 2.90 bits per heavy atom. The second-order valence-electron chi connectivity index (χ2n) is 9.64. The fourth-order valence-corrected chi connectivity index (χ4v) is 6.98. The molecular weight excluding hydrogens is 366 g/mol. The molecule has 6 rings (SSSR count). The van der Waals surface area contributed by atoms with Crippen LogP contribution in [0.2, 0.25) is 0 Å². The summed E-state index contributed by atoms with van der Waals surface area (Å²) in [6.45, 7) is 2.43. The van der Waals surface area contributed by atoms with Crippen molar-refractivity contribution < 1.29 is 8.78 Å². The van der Waals surface area contributed by atoms with Gasteiger partial charge < -0.3 is 4.57 Å². The van der Waals surface area contributed by atoms with Gasteiger partial charge in [-0.25, -0.2) is 4.98 Å². The molecule has 2 aromatic rings. The molecule has 1 aromatic heterocycles. The average Bonchev–Trinajstić information content (AvgIpc) is 3.27. The number of halogens is 2. The van der Waals surface area contributed by atoms with E-state index in [4.69, 9.17) is 0 Å². The summed E-state index contributed by atoms with van der Waals surface area (Å²) in [7, 11) is 0. The molecule has 0 amide bonds. The lowest BCUT2D eigenvalue weighted by molar-refractivity contribution is 0.0255. The number of para-hydroxylation sites is 2. The molecule has 29 heavy (non-hydrogen) atoms. The molecule has 5 atom stereocenters. The Kier molecular flexibility index (Phi) is 3.58. The van der Waals surface area contributed by atoms with Gasteiger partial charge in [0.05, 0.1) is 11.0 Å². The van der Waals surface area contributed by atoms with Gasteiger partial charge >= 0.3 is 0 Å². The van der Waals surface area contributed by atoms with Gasteiger partial charge in [0.15, 0.2) is 0 Å². The summed E-state index contributed by atoms with van der Waals surface area (Å²) in [5.41, 5.74) is 4.72. The summed E-state index contributed by atoms with van der Waals surface area (Å²) in [5.74, 6) is -0.832. The second-order valence-corrected chi connectivity index (χ2v) is 9.64. The molecule has 2 saturated carbocycles. The van der Waals surface area contributed by atoms with Gasteiger partial charge in [0.25, 0.3) is 5.92 Å². The minimum Gasteiger partial charge on any atom is -0.302 e. The number of imidazole rings is 1. The third-order valence-corrected chi connectivity index (χ3v) is 8.30. The number of allylic oxidation sites excluding steroid dienone is 6. The molecule has 2 nitrogen and oxygen atoms in total. The molecule has 4 aliphatic rings. The van der Waals surface area contributed by atoms with Gasteiger partial charge in [0.1, 0.15) is 6.33 Å². The van der Waals surface area contributed by atoms with E-state index in [9.17, 15) is 8.78 Å². The van der Waals surface area contributed by atoms with Crippen LogP contribution in [0.15, 0.2) is 60.5 Å². The molecule has 0 bridgehead atoms. The summed E-state index contributed by atoms with van der Waals surface area (Å²) in [6.07, 6.45) is 13.8. The summed E-state index contributed by atoms with van der Waals surface area (Å²) in [6, 6.07) is 8.33. The predicted octanol–water partition coefficient (Wildman–Crippen LogP) is 6.47. The summed E-state index contributed by atoms with van der Waals surface area (Å²) < 4.78 is 30.0. The zero-order valence-electron chi connectivity index (χ0n) is 16.7. The van der Waals surface area contributed by atoms with Crippen molar-refractivity contribution in [2.24, 2.45) is 29.1 Å². The minimum atomic E-state index is -2.76. The SMILES string of the molecule is C[C@]12CCC3C4C=CC(F)(F)C=C4CCC3C1CC=C2n1cnc2ccccc21. The average molecular weight is 392 g/mol. The third-order valence-electron chi connectivity index (χ3n) is 8.30. The Bertz CT molecular complexity index is 1080. The third kappa shape index (κ3) is 2.47. The van der Waals surface area contributed by atoms with E-state index in [0.717, 1.165) is 49.3 Å². The maximum absolute atomic E-state index is 13.8. The normalized spacial score (nSPS) is 37.5. The van der Waals surface area contributed by atoms with Crippen LogP contribution in [0.25, 0.3) is 16.7 Å². The fraction of sp³-hybridized carbons (Fsp3) is 0.480. The molecule has 1 heterocycles. The van der Waals surface area contributed by atoms with Crippen molar-refractivity contribution in [2.75, 3.05) is 0 Å². The minimum absolute atomic E-state index is 0.133. The second kappa shape index (κ2) is 5.90. The number of benzene rings is 1. The highest BCUT2D eigenvalue weighted by Gasteiger charge is 2.54. The molecule has 4 heteroatoms. The van der Waals surface area contributed by atoms with E-state index in [0.29, 0.717) is 17.8 Å². The number of alkyl halides is 2. The number of aromatic nitrogens is 2. The van der Waals surface area contributed by atoms with E-state index >= 15 is 0 Å². The molecule has 0 N–H and O–H groups in total. The molecule has 0 saturated heterocycles. The maximum Gasteiger partial charge on any atom is 0.285 e. The van der Waals surface area contributed by atoms with Crippen molar-refractivity contribution in [1.82, 2.24) is 9.55 Å². The number of hydrogen-bond acceptors (Lipinski definition) is 1. The molecule has 4 aliphatic carbocycles. The van der Waals surface area contributed by atoms with Crippen LogP contribution in [0.4, 0.5) is 8.78 Å². The van der Waals surface area contributed by atoms with E-state index in [1.54, 1.807) is 0 Å². The highest BCUT2D eigenvalue weighted by Crippen LogP contribution is 2.62. The number of fused-ring (bicyclic) bond motifs is 6. The first kappa shape index (κ1) is 17.6. The zero-order chi connectivity index (χ0) is 19.8. The molecule has 0 radical (unpaired) electrons. The Morgan fingerprint density at radius 2 is 2.00 bits per heavy atom. The molecule has 2 fully saturated rings. The van der Waals surface area contributed by atoms with Crippen LogP contribution in [-0.4, -0.2) is 15.5 Å². The summed E-state index contributed by atoms with van der Waals surface area (Å²) in [5, 5.41) is 0. The molecule has 150 valence electrons. The highest BCUT2D eigenvalue weighted by molar-refractivity contribution is 5.80. The van der Waals surface area contributed by atoms with Gasteiger partial charge in [-0.05, 0) is 74.1 Å². The van der Waals surface area contributed by atoms with E-state index in [1.807, 2.05) is 18.5 Å². The van der Waals surface area contributed by atoms with Crippen molar-refractivity contribution in [2.45, 2.75) is 45.0 Å². The van der Waals surface area contributed by atoms with Crippen molar-refractivity contribution >= 4 is 16.7 Å². The lowest BCUT2D eigenvalue weighted by Crippen LogP contribution is -2.45. The lowest BCUT2D eigenvalue weighted by atomic mass is 9.52. The topological polar surface area (TPSA) is 17.8 Å². The molecular formula is C25H26F2N2. The first-order valence-corrected chi connectivity index (χ1v) is 10.9. The molecule has 0 aliphatic heterocycles. The summed E-state index contributed by atoms with van der Waals surface area (Å²) >= 11 is 0. The van der Waals surface area contributed by atoms with Crippen LogP contribution in [0.5, 0.6) is 0 Å². The van der Waals surface area contributed by atoms with Crippen LogP contribution >= 0.6 is 0 Å². The van der Waals surface area contributed by atoms with Crippen LogP contribution in [-0.2, 0) is 0 Å². The van der Waals surface area contributed by atoms with Gasteiger partial charge in [-0.1, -0.05) is 36.8 Å². The zero-order valence-corrected chi connectivity index (χ0v) is 16.7. The van der Waals surface area contributed by atoms with Crippen LogP contribution in [0.1, 0.15) is 39.0 Å². The standard InChI is InChI=1S/C25H26F2N2/c1-24-12-10-18-17-11-13-25(26,27)14-16(17)6-7-19(18)20(24)8-9-23(24)29-15-28-21-4-2-3-5-22(21)29/h2-5,9,11,13-15,17-20H,6-8,10,12H2,1H3/t17?,18?,19?,20?,24-/m0/s1. The van der Waals surface area contributed by atoms with E-state index in [-0.39, 0.29) is 11.3 Å². The molecule has 4 unspecified atom stereocenters. The van der Waals surface area contributed by atoms with Crippen LogP contribution < -0.4 is 0 Å². The van der Waals surface area contributed by atoms with Crippen molar-refractivity contribution in [1.29, 1.82) is 0 Å². The Balaban J connectivity index is 1.33. The van der Waals surface area contributed by atoms with Gasteiger partial charge in [-0.3, -0.25) is 0 Å². The van der Waals surface area contributed by atoms with Gasteiger partial charge in [0, 0.05) is 17.0 Å². The van der Waals surface area contributed by atoms with E-state index < -0.39 is 5.92 Å².